The molecule has 0 radical (unpaired) electrons. The molecule has 0 aliphatic rings. The lowest BCUT2D eigenvalue weighted by molar-refractivity contribution is 0.108. The quantitative estimate of drug-likeness (QED) is 0.624. The zero-order valence-electron chi connectivity index (χ0n) is 8.70. The number of aldehydes is 1. The maximum Gasteiger partial charge on any atom is 0.291 e. The summed E-state index contributed by atoms with van der Waals surface area (Å²) in [6.45, 7) is 0. The summed E-state index contributed by atoms with van der Waals surface area (Å²) in [6.07, 6.45) is 2.19. The van der Waals surface area contributed by atoms with Gasteiger partial charge >= 0.3 is 0 Å². The standard InChI is InChI=1S/C12H7N3O2/c16-7-10-14-12(15-17-10)11-9-4-2-1-3-8(9)5-6-13-11/h1-7H. The van der Waals surface area contributed by atoms with Gasteiger partial charge in [0, 0.05) is 11.6 Å². The molecule has 0 saturated carbocycles. The van der Waals surface area contributed by atoms with E-state index in [0.717, 1.165) is 10.8 Å². The number of pyridine rings is 1. The van der Waals surface area contributed by atoms with Crippen molar-refractivity contribution < 1.29 is 9.32 Å². The number of aromatic nitrogens is 3. The molecule has 0 aliphatic carbocycles. The summed E-state index contributed by atoms with van der Waals surface area (Å²) in [4.78, 5) is 18.7. The van der Waals surface area contributed by atoms with Gasteiger partial charge in [0.15, 0.2) is 0 Å². The normalized spacial score (nSPS) is 10.6. The summed E-state index contributed by atoms with van der Waals surface area (Å²) in [5.74, 6) is 0.277. The predicted molar refractivity (Wildman–Crippen MR) is 60.4 cm³/mol. The first-order valence-corrected chi connectivity index (χ1v) is 5.01. The molecule has 0 amide bonds. The molecule has 0 saturated heterocycles. The van der Waals surface area contributed by atoms with Gasteiger partial charge in [0.05, 0.1) is 0 Å². The van der Waals surface area contributed by atoms with Crippen molar-refractivity contribution in [3.63, 3.8) is 0 Å². The van der Waals surface area contributed by atoms with Crippen LogP contribution in [0.1, 0.15) is 10.7 Å². The third kappa shape index (κ3) is 1.57. The fraction of sp³-hybridized carbons (Fsp3) is 0. The minimum absolute atomic E-state index is 0.0465. The maximum absolute atomic E-state index is 10.5. The van der Waals surface area contributed by atoms with Gasteiger partial charge in [-0.05, 0) is 11.5 Å². The van der Waals surface area contributed by atoms with E-state index in [-0.39, 0.29) is 5.89 Å². The van der Waals surface area contributed by atoms with E-state index in [1.165, 1.54) is 0 Å². The molecule has 5 nitrogen and oxygen atoms in total. The van der Waals surface area contributed by atoms with Gasteiger partial charge in [0.25, 0.3) is 5.89 Å². The van der Waals surface area contributed by atoms with Crippen LogP contribution in [0, 0.1) is 0 Å². The molecule has 1 aromatic carbocycles. The van der Waals surface area contributed by atoms with E-state index in [4.69, 9.17) is 4.52 Å². The fourth-order valence-electron chi connectivity index (χ4n) is 1.68. The predicted octanol–water partition coefficient (Wildman–Crippen LogP) is 2.10. The molecule has 3 rings (SSSR count). The van der Waals surface area contributed by atoms with E-state index in [1.807, 2.05) is 30.3 Å². The molecule has 3 aromatic rings. The van der Waals surface area contributed by atoms with Crippen LogP contribution in [0.2, 0.25) is 0 Å². The highest BCUT2D eigenvalue weighted by molar-refractivity contribution is 5.92. The number of fused-ring (bicyclic) bond motifs is 1. The molecule has 0 N–H and O–H groups in total. The topological polar surface area (TPSA) is 68.9 Å². The number of benzene rings is 1. The van der Waals surface area contributed by atoms with Crippen LogP contribution in [0.15, 0.2) is 41.1 Å². The van der Waals surface area contributed by atoms with Gasteiger partial charge in [-0.3, -0.25) is 9.78 Å². The van der Waals surface area contributed by atoms with Crippen molar-refractivity contribution in [3.05, 3.63) is 42.4 Å². The third-order valence-electron chi connectivity index (χ3n) is 2.43. The molecule has 82 valence electrons. The van der Waals surface area contributed by atoms with Gasteiger partial charge in [0.1, 0.15) is 5.69 Å². The van der Waals surface area contributed by atoms with E-state index in [9.17, 15) is 4.79 Å². The Morgan fingerprint density at radius 1 is 1.18 bits per heavy atom. The zero-order chi connectivity index (χ0) is 11.7. The second kappa shape index (κ2) is 3.79. The Kier molecular flexibility index (Phi) is 2.15. The van der Waals surface area contributed by atoms with Crippen molar-refractivity contribution >= 4 is 17.1 Å². The van der Waals surface area contributed by atoms with Crippen LogP contribution in [0.25, 0.3) is 22.3 Å². The van der Waals surface area contributed by atoms with Gasteiger partial charge < -0.3 is 4.52 Å². The van der Waals surface area contributed by atoms with Crippen LogP contribution in [0.3, 0.4) is 0 Å². The summed E-state index contributed by atoms with van der Waals surface area (Å²) in [7, 11) is 0. The molecule has 2 aromatic heterocycles. The molecule has 0 aliphatic heterocycles. The highest BCUT2D eigenvalue weighted by Gasteiger charge is 2.11. The van der Waals surface area contributed by atoms with Crippen molar-refractivity contribution in [1.29, 1.82) is 0 Å². The van der Waals surface area contributed by atoms with Crippen LogP contribution in [0.5, 0.6) is 0 Å². The van der Waals surface area contributed by atoms with Crippen LogP contribution < -0.4 is 0 Å². The number of hydrogen-bond donors (Lipinski definition) is 0. The maximum atomic E-state index is 10.5. The molecule has 2 heterocycles. The van der Waals surface area contributed by atoms with Gasteiger partial charge in [0.2, 0.25) is 12.1 Å². The Hall–Kier alpha value is -2.56. The molecular weight excluding hydrogens is 218 g/mol. The van der Waals surface area contributed by atoms with Crippen molar-refractivity contribution in [2.24, 2.45) is 0 Å². The summed E-state index contributed by atoms with van der Waals surface area (Å²) >= 11 is 0. The molecule has 17 heavy (non-hydrogen) atoms. The average molecular weight is 225 g/mol. The first-order chi connectivity index (χ1) is 8.38. The first kappa shape index (κ1) is 9.65. The van der Waals surface area contributed by atoms with Crippen LogP contribution >= 0.6 is 0 Å². The minimum atomic E-state index is -0.0465. The summed E-state index contributed by atoms with van der Waals surface area (Å²) in [6, 6.07) is 9.66. The smallest absolute Gasteiger partial charge is 0.291 e. The molecule has 0 spiro atoms. The third-order valence-corrected chi connectivity index (χ3v) is 2.43. The number of carbonyl (C=O) groups is 1. The van der Waals surface area contributed by atoms with Gasteiger partial charge in [-0.15, -0.1) is 0 Å². The summed E-state index contributed by atoms with van der Waals surface area (Å²) in [5.41, 5.74) is 0.611. The van der Waals surface area contributed by atoms with Crippen LogP contribution in [-0.4, -0.2) is 21.4 Å². The Labute approximate surface area is 96.1 Å². The average Bonchev–Trinajstić information content (AvgIpc) is 2.87. The van der Waals surface area contributed by atoms with Gasteiger partial charge in [-0.25, -0.2) is 0 Å². The fourth-order valence-corrected chi connectivity index (χ4v) is 1.68. The summed E-state index contributed by atoms with van der Waals surface area (Å²) in [5, 5.41) is 5.69. The van der Waals surface area contributed by atoms with Crippen molar-refractivity contribution in [2.75, 3.05) is 0 Å². The van der Waals surface area contributed by atoms with Crippen LogP contribution in [-0.2, 0) is 0 Å². The highest BCUT2D eigenvalue weighted by Crippen LogP contribution is 2.23. The zero-order valence-corrected chi connectivity index (χ0v) is 8.70. The van der Waals surface area contributed by atoms with E-state index in [1.54, 1.807) is 6.20 Å². The van der Waals surface area contributed by atoms with Crippen molar-refractivity contribution in [2.45, 2.75) is 0 Å². The Morgan fingerprint density at radius 3 is 2.88 bits per heavy atom. The van der Waals surface area contributed by atoms with E-state index >= 15 is 0 Å². The van der Waals surface area contributed by atoms with Gasteiger partial charge in [-0.1, -0.05) is 29.4 Å². The molecule has 0 unspecified atom stereocenters. The highest BCUT2D eigenvalue weighted by atomic mass is 16.5. The minimum Gasteiger partial charge on any atom is -0.331 e. The Bertz CT molecular complexity index is 686. The van der Waals surface area contributed by atoms with Crippen LogP contribution in [0.4, 0.5) is 0 Å². The lowest BCUT2D eigenvalue weighted by Gasteiger charge is -2.00. The van der Waals surface area contributed by atoms with Crippen molar-refractivity contribution in [1.82, 2.24) is 15.1 Å². The molecule has 0 atom stereocenters. The van der Waals surface area contributed by atoms with E-state index in [0.29, 0.717) is 17.8 Å². The lowest BCUT2D eigenvalue weighted by atomic mass is 10.1. The first-order valence-electron chi connectivity index (χ1n) is 5.01. The number of hydrogen-bond acceptors (Lipinski definition) is 5. The van der Waals surface area contributed by atoms with E-state index < -0.39 is 0 Å². The number of nitrogens with zero attached hydrogens (tertiary/aromatic N) is 3. The van der Waals surface area contributed by atoms with E-state index in [2.05, 4.69) is 15.1 Å². The Balaban J connectivity index is 2.26. The largest absolute Gasteiger partial charge is 0.331 e. The molecular formula is C12H7N3O2. The molecule has 0 bridgehead atoms. The Morgan fingerprint density at radius 2 is 2.06 bits per heavy atom. The summed E-state index contributed by atoms with van der Waals surface area (Å²) < 4.78 is 4.75. The lowest BCUT2D eigenvalue weighted by Crippen LogP contribution is -1.88. The SMILES string of the molecule is O=Cc1nc(-c2nccc3ccccc23)no1. The molecule has 0 fully saturated rings. The second-order valence-corrected chi connectivity index (χ2v) is 3.45. The number of rotatable bonds is 2. The second-order valence-electron chi connectivity index (χ2n) is 3.45. The number of carbonyl (C=O) groups excluding carboxylic acids is 1. The van der Waals surface area contributed by atoms with Crippen molar-refractivity contribution in [3.8, 4) is 11.5 Å². The monoisotopic (exact) mass is 225 g/mol. The molecule has 5 heteroatoms. The van der Waals surface area contributed by atoms with Gasteiger partial charge in [-0.2, -0.15) is 4.98 Å².